The summed E-state index contributed by atoms with van der Waals surface area (Å²) in [6.07, 6.45) is -0.768. The maximum absolute atomic E-state index is 10.8. The third kappa shape index (κ3) is 3.12. The molecule has 5 heteroatoms. The van der Waals surface area contributed by atoms with Crippen LogP contribution in [0.4, 0.5) is 4.79 Å². The van der Waals surface area contributed by atoms with Gasteiger partial charge in [-0.05, 0) is 35.7 Å². The predicted molar refractivity (Wildman–Crippen MR) is 93.6 cm³/mol. The maximum Gasteiger partial charge on any atom is 0.404 e. The second kappa shape index (κ2) is 6.76. The standard InChI is InChI=1S/C19H20N2O3/c1-12-16-9-13(10-24-19(20)22)7-8-17(16)21-18(12)15-6-4-3-5-14(15)11-23-2/h3-9,21H,10-11H2,1-2H3,(H2,20,22). The highest BCUT2D eigenvalue weighted by molar-refractivity contribution is 5.91. The normalized spacial score (nSPS) is 10.9. The third-order valence-electron chi connectivity index (χ3n) is 4.09. The van der Waals surface area contributed by atoms with Crippen molar-refractivity contribution in [1.29, 1.82) is 0 Å². The molecule has 1 aromatic heterocycles. The van der Waals surface area contributed by atoms with Crippen LogP contribution in [0.1, 0.15) is 16.7 Å². The molecule has 124 valence electrons. The van der Waals surface area contributed by atoms with Crippen molar-refractivity contribution in [1.82, 2.24) is 4.98 Å². The van der Waals surface area contributed by atoms with Gasteiger partial charge >= 0.3 is 6.09 Å². The minimum absolute atomic E-state index is 0.172. The van der Waals surface area contributed by atoms with Crippen LogP contribution in [-0.4, -0.2) is 18.2 Å². The SMILES string of the molecule is COCc1ccccc1-c1[nH]c2ccc(COC(N)=O)cc2c1C. The van der Waals surface area contributed by atoms with Gasteiger partial charge in [-0.15, -0.1) is 0 Å². The number of carbonyl (C=O) groups excluding carboxylic acids is 1. The van der Waals surface area contributed by atoms with Crippen molar-refractivity contribution in [3.8, 4) is 11.3 Å². The van der Waals surface area contributed by atoms with E-state index in [2.05, 4.69) is 24.0 Å². The largest absolute Gasteiger partial charge is 0.445 e. The van der Waals surface area contributed by atoms with Gasteiger partial charge in [0.15, 0.2) is 0 Å². The van der Waals surface area contributed by atoms with Crippen LogP contribution in [-0.2, 0) is 22.7 Å². The van der Waals surface area contributed by atoms with Crippen LogP contribution in [0.5, 0.6) is 0 Å². The van der Waals surface area contributed by atoms with Gasteiger partial charge in [0, 0.05) is 29.3 Å². The molecule has 0 unspecified atom stereocenters. The van der Waals surface area contributed by atoms with Crippen LogP contribution in [0.3, 0.4) is 0 Å². The van der Waals surface area contributed by atoms with Crippen LogP contribution in [0.25, 0.3) is 22.2 Å². The smallest absolute Gasteiger partial charge is 0.404 e. The summed E-state index contributed by atoms with van der Waals surface area (Å²) < 4.78 is 10.2. The molecule has 1 heterocycles. The molecule has 0 atom stereocenters. The minimum atomic E-state index is -0.768. The summed E-state index contributed by atoms with van der Waals surface area (Å²) in [7, 11) is 1.69. The molecule has 0 aliphatic carbocycles. The topological polar surface area (TPSA) is 77.3 Å². The van der Waals surface area contributed by atoms with E-state index in [4.69, 9.17) is 15.2 Å². The lowest BCUT2D eigenvalue weighted by Gasteiger charge is -2.08. The summed E-state index contributed by atoms with van der Waals surface area (Å²) in [6, 6.07) is 14.1. The predicted octanol–water partition coefficient (Wildman–Crippen LogP) is 3.89. The van der Waals surface area contributed by atoms with E-state index in [9.17, 15) is 4.79 Å². The first-order valence-electron chi connectivity index (χ1n) is 7.71. The van der Waals surface area contributed by atoms with E-state index in [1.54, 1.807) is 7.11 Å². The van der Waals surface area contributed by atoms with Crippen molar-refractivity contribution >= 4 is 17.0 Å². The van der Waals surface area contributed by atoms with Crippen molar-refractivity contribution < 1.29 is 14.3 Å². The Bertz CT molecular complexity index is 883. The van der Waals surface area contributed by atoms with Crippen molar-refractivity contribution in [3.05, 3.63) is 59.2 Å². The number of H-pyrrole nitrogens is 1. The molecule has 1 amide bonds. The number of rotatable bonds is 5. The van der Waals surface area contributed by atoms with Gasteiger partial charge in [-0.3, -0.25) is 0 Å². The van der Waals surface area contributed by atoms with Gasteiger partial charge < -0.3 is 20.2 Å². The molecular weight excluding hydrogens is 304 g/mol. The fourth-order valence-electron chi connectivity index (χ4n) is 2.93. The van der Waals surface area contributed by atoms with Gasteiger partial charge in [0.1, 0.15) is 6.61 Å². The van der Waals surface area contributed by atoms with E-state index in [1.807, 2.05) is 30.3 Å². The molecule has 3 aromatic rings. The summed E-state index contributed by atoms with van der Waals surface area (Å²) >= 11 is 0. The monoisotopic (exact) mass is 324 g/mol. The van der Waals surface area contributed by atoms with Gasteiger partial charge in [0.05, 0.1) is 6.61 Å². The lowest BCUT2D eigenvalue weighted by Crippen LogP contribution is -2.12. The average Bonchev–Trinajstić information content (AvgIpc) is 2.90. The molecule has 0 radical (unpaired) electrons. The van der Waals surface area contributed by atoms with Crippen LogP contribution in [0.2, 0.25) is 0 Å². The summed E-state index contributed by atoms with van der Waals surface area (Å²) in [5.74, 6) is 0. The van der Waals surface area contributed by atoms with E-state index in [0.29, 0.717) is 6.61 Å². The van der Waals surface area contributed by atoms with Crippen molar-refractivity contribution in [3.63, 3.8) is 0 Å². The highest BCUT2D eigenvalue weighted by Gasteiger charge is 2.13. The minimum Gasteiger partial charge on any atom is -0.445 e. The first kappa shape index (κ1) is 16.1. The number of nitrogens with two attached hydrogens (primary N) is 1. The molecule has 24 heavy (non-hydrogen) atoms. The number of methoxy groups -OCH3 is 1. The molecule has 2 aromatic carbocycles. The zero-order chi connectivity index (χ0) is 17.1. The van der Waals surface area contributed by atoms with Gasteiger partial charge in [0.25, 0.3) is 0 Å². The third-order valence-corrected chi connectivity index (χ3v) is 4.09. The molecule has 0 spiro atoms. The Morgan fingerprint density at radius 2 is 1.96 bits per heavy atom. The highest BCUT2D eigenvalue weighted by atomic mass is 16.5. The van der Waals surface area contributed by atoms with Crippen LogP contribution >= 0.6 is 0 Å². The first-order valence-corrected chi connectivity index (χ1v) is 7.71. The molecule has 0 aliphatic rings. The maximum atomic E-state index is 10.8. The Hall–Kier alpha value is -2.79. The molecule has 0 saturated heterocycles. The van der Waals surface area contributed by atoms with Gasteiger partial charge in [-0.1, -0.05) is 30.3 Å². The number of ether oxygens (including phenoxy) is 2. The number of primary amides is 1. The van der Waals surface area contributed by atoms with Gasteiger partial charge in [0.2, 0.25) is 0 Å². The molecule has 0 fully saturated rings. The highest BCUT2D eigenvalue weighted by Crippen LogP contribution is 2.32. The van der Waals surface area contributed by atoms with Crippen LogP contribution < -0.4 is 5.73 Å². The van der Waals surface area contributed by atoms with E-state index in [-0.39, 0.29) is 6.61 Å². The van der Waals surface area contributed by atoms with E-state index in [1.165, 1.54) is 0 Å². The Balaban J connectivity index is 2.04. The van der Waals surface area contributed by atoms with E-state index in [0.717, 1.165) is 38.9 Å². The second-order valence-electron chi connectivity index (χ2n) is 5.70. The quantitative estimate of drug-likeness (QED) is 0.747. The average molecular weight is 324 g/mol. The summed E-state index contributed by atoms with van der Waals surface area (Å²) in [4.78, 5) is 14.3. The number of aryl methyl sites for hydroxylation is 1. The van der Waals surface area contributed by atoms with E-state index < -0.39 is 6.09 Å². The van der Waals surface area contributed by atoms with Crippen molar-refractivity contribution in [2.24, 2.45) is 5.73 Å². The van der Waals surface area contributed by atoms with Crippen molar-refractivity contribution in [2.75, 3.05) is 7.11 Å². The molecule has 3 N–H and O–H groups in total. The molecule has 0 bridgehead atoms. The molecular formula is C19H20N2O3. The molecule has 0 saturated carbocycles. The number of aromatic nitrogens is 1. The zero-order valence-corrected chi connectivity index (χ0v) is 13.8. The van der Waals surface area contributed by atoms with E-state index >= 15 is 0 Å². The number of amides is 1. The Kier molecular flexibility index (Phi) is 4.53. The van der Waals surface area contributed by atoms with Crippen molar-refractivity contribution in [2.45, 2.75) is 20.1 Å². The number of nitrogens with one attached hydrogen (secondary N) is 1. The summed E-state index contributed by atoms with van der Waals surface area (Å²) in [5, 5.41) is 1.10. The fraction of sp³-hybridized carbons (Fsp3) is 0.211. The Morgan fingerprint density at radius 3 is 2.71 bits per heavy atom. The number of carbonyl (C=O) groups is 1. The lowest BCUT2D eigenvalue weighted by atomic mass is 10.0. The zero-order valence-electron chi connectivity index (χ0n) is 13.8. The number of hydrogen-bond donors (Lipinski definition) is 2. The Morgan fingerprint density at radius 1 is 1.17 bits per heavy atom. The first-order chi connectivity index (χ1) is 11.6. The summed E-state index contributed by atoms with van der Waals surface area (Å²) in [5.41, 5.74) is 11.5. The summed E-state index contributed by atoms with van der Waals surface area (Å²) in [6.45, 7) is 2.81. The van der Waals surface area contributed by atoms with Crippen LogP contribution in [0, 0.1) is 6.92 Å². The number of benzene rings is 2. The lowest BCUT2D eigenvalue weighted by molar-refractivity contribution is 0.150. The molecule has 3 rings (SSSR count). The number of hydrogen-bond acceptors (Lipinski definition) is 3. The number of fused-ring (bicyclic) bond motifs is 1. The van der Waals surface area contributed by atoms with Crippen LogP contribution in [0.15, 0.2) is 42.5 Å². The second-order valence-corrected chi connectivity index (χ2v) is 5.70. The van der Waals surface area contributed by atoms with Gasteiger partial charge in [-0.2, -0.15) is 0 Å². The van der Waals surface area contributed by atoms with Gasteiger partial charge in [-0.25, -0.2) is 4.79 Å². The number of aromatic amines is 1. The molecule has 0 aliphatic heterocycles. The Labute approximate surface area is 140 Å². The molecule has 5 nitrogen and oxygen atoms in total. The fourth-order valence-corrected chi connectivity index (χ4v) is 2.93.